The lowest BCUT2D eigenvalue weighted by molar-refractivity contribution is 0.278. The minimum Gasteiger partial charge on any atom is -0.465 e. The molecule has 3 rings (SSSR count). The van der Waals surface area contributed by atoms with Gasteiger partial charge in [0.2, 0.25) is 0 Å². The van der Waals surface area contributed by atoms with Crippen molar-refractivity contribution in [3.8, 4) is 6.01 Å². The second-order valence-electron chi connectivity index (χ2n) is 5.70. The molecule has 9 heteroatoms. The number of nitrogens with zero attached hydrogens (tertiary/aromatic N) is 3. The number of hydrogen-bond donors (Lipinski definition) is 2. The maximum atomic E-state index is 12.9. The van der Waals surface area contributed by atoms with Crippen LogP contribution in [0.4, 0.5) is 0 Å². The topological polar surface area (TPSA) is 102 Å². The number of ether oxygens (including phenoxy) is 1. The Morgan fingerprint density at radius 1 is 1.23 bits per heavy atom. The number of rotatable bonds is 7. The normalized spacial score (nSPS) is 11.2. The number of aliphatic hydroxyl groups excluding tert-OH is 1. The predicted molar refractivity (Wildman–Crippen MR) is 98.0 cm³/mol. The molecule has 0 radical (unpaired) electrons. The Morgan fingerprint density at radius 3 is 2.62 bits per heavy atom. The predicted octanol–water partition coefficient (Wildman–Crippen LogP) is 1.37. The monoisotopic (exact) mass is 378 g/mol. The van der Waals surface area contributed by atoms with Gasteiger partial charge >= 0.3 is 5.69 Å². The SMILES string of the molecule is CCOc1nc2[nH]c(=O)n(CCCO)c(=O)c2n1Cc1ccc(Cl)cc1. The molecular formula is C17H19ClN4O4. The van der Waals surface area contributed by atoms with Crippen LogP contribution in [0.5, 0.6) is 6.01 Å². The van der Waals surface area contributed by atoms with Crippen molar-refractivity contribution < 1.29 is 9.84 Å². The van der Waals surface area contributed by atoms with Crippen molar-refractivity contribution in [1.29, 1.82) is 0 Å². The summed E-state index contributed by atoms with van der Waals surface area (Å²) in [4.78, 5) is 31.9. The summed E-state index contributed by atoms with van der Waals surface area (Å²) < 4.78 is 8.25. The summed E-state index contributed by atoms with van der Waals surface area (Å²) in [6.45, 7) is 2.53. The number of hydrogen-bond acceptors (Lipinski definition) is 5. The molecule has 0 spiro atoms. The lowest BCUT2D eigenvalue weighted by atomic mass is 10.2. The smallest absolute Gasteiger partial charge is 0.330 e. The summed E-state index contributed by atoms with van der Waals surface area (Å²) in [6.07, 6.45) is 0.304. The number of aromatic amines is 1. The molecule has 2 heterocycles. The van der Waals surface area contributed by atoms with Crippen LogP contribution in [0.2, 0.25) is 5.02 Å². The zero-order chi connectivity index (χ0) is 18.7. The quantitative estimate of drug-likeness (QED) is 0.646. The Hall–Kier alpha value is -2.58. The molecule has 0 unspecified atom stereocenters. The van der Waals surface area contributed by atoms with E-state index in [1.807, 2.05) is 19.1 Å². The molecule has 0 amide bonds. The highest BCUT2D eigenvalue weighted by Gasteiger charge is 2.19. The van der Waals surface area contributed by atoms with E-state index in [4.69, 9.17) is 21.4 Å². The van der Waals surface area contributed by atoms with E-state index in [1.165, 1.54) is 0 Å². The van der Waals surface area contributed by atoms with Gasteiger partial charge in [0.05, 0.1) is 13.2 Å². The maximum absolute atomic E-state index is 12.9. The van der Waals surface area contributed by atoms with Crippen LogP contribution in [0.15, 0.2) is 33.9 Å². The van der Waals surface area contributed by atoms with Crippen molar-refractivity contribution in [2.75, 3.05) is 13.2 Å². The minimum atomic E-state index is -0.560. The molecule has 2 aromatic heterocycles. The van der Waals surface area contributed by atoms with E-state index >= 15 is 0 Å². The number of aromatic nitrogens is 4. The first-order valence-electron chi connectivity index (χ1n) is 8.26. The Bertz CT molecular complexity index is 1020. The zero-order valence-electron chi connectivity index (χ0n) is 14.2. The number of H-pyrrole nitrogens is 1. The number of halogens is 1. The molecular weight excluding hydrogens is 360 g/mol. The van der Waals surface area contributed by atoms with Crippen LogP contribution in [0.3, 0.4) is 0 Å². The maximum Gasteiger partial charge on any atom is 0.330 e. The van der Waals surface area contributed by atoms with Gasteiger partial charge in [0.1, 0.15) is 0 Å². The van der Waals surface area contributed by atoms with Crippen LogP contribution in [0, 0.1) is 0 Å². The molecule has 0 aliphatic rings. The highest BCUT2D eigenvalue weighted by molar-refractivity contribution is 6.30. The Balaban J connectivity index is 2.17. The molecule has 1 aromatic carbocycles. The summed E-state index contributed by atoms with van der Waals surface area (Å²) in [6, 6.07) is 7.47. The fraction of sp³-hybridized carbons (Fsp3) is 0.353. The molecule has 2 N–H and O–H groups in total. The molecule has 0 aliphatic carbocycles. The van der Waals surface area contributed by atoms with Crippen molar-refractivity contribution in [2.45, 2.75) is 26.4 Å². The van der Waals surface area contributed by atoms with Gasteiger partial charge in [-0.15, -0.1) is 0 Å². The van der Waals surface area contributed by atoms with Gasteiger partial charge in [0.15, 0.2) is 11.2 Å². The Morgan fingerprint density at radius 2 is 1.96 bits per heavy atom. The average molecular weight is 379 g/mol. The highest BCUT2D eigenvalue weighted by Crippen LogP contribution is 2.19. The zero-order valence-corrected chi connectivity index (χ0v) is 15.0. The van der Waals surface area contributed by atoms with Crippen LogP contribution in [0.25, 0.3) is 11.2 Å². The fourth-order valence-electron chi connectivity index (χ4n) is 2.72. The van der Waals surface area contributed by atoms with Gasteiger partial charge in [-0.3, -0.25) is 18.9 Å². The van der Waals surface area contributed by atoms with E-state index < -0.39 is 11.2 Å². The van der Waals surface area contributed by atoms with Crippen LogP contribution in [-0.4, -0.2) is 37.4 Å². The molecule has 0 saturated heterocycles. The van der Waals surface area contributed by atoms with Crippen molar-refractivity contribution in [3.63, 3.8) is 0 Å². The first-order chi connectivity index (χ1) is 12.5. The average Bonchev–Trinajstić information content (AvgIpc) is 2.94. The molecule has 8 nitrogen and oxygen atoms in total. The van der Waals surface area contributed by atoms with Gasteiger partial charge < -0.3 is 9.84 Å². The lowest BCUT2D eigenvalue weighted by Crippen LogP contribution is -2.36. The van der Waals surface area contributed by atoms with Gasteiger partial charge in [0.25, 0.3) is 11.6 Å². The van der Waals surface area contributed by atoms with Gasteiger partial charge in [-0.1, -0.05) is 23.7 Å². The van der Waals surface area contributed by atoms with Crippen LogP contribution in [0.1, 0.15) is 18.9 Å². The Labute approximate surface area is 153 Å². The second-order valence-corrected chi connectivity index (χ2v) is 6.14. The van der Waals surface area contributed by atoms with Crippen molar-refractivity contribution in [3.05, 3.63) is 55.7 Å². The molecule has 0 saturated carbocycles. The first-order valence-corrected chi connectivity index (χ1v) is 8.64. The van der Waals surface area contributed by atoms with Crippen molar-refractivity contribution in [2.24, 2.45) is 0 Å². The third kappa shape index (κ3) is 3.51. The number of imidazole rings is 1. The van der Waals surface area contributed by atoms with Crippen LogP contribution in [-0.2, 0) is 13.1 Å². The minimum absolute atomic E-state index is 0.113. The Kier molecular flexibility index (Phi) is 5.43. The molecule has 3 aromatic rings. The molecule has 0 fully saturated rings. The molecule has 0 bridgehead atoms. The second kappa shape index (κ2) is 7.76. The molecule has 138 valence electrons. The van der Waals surface area contributed by atoms with E-state index in [0.29, 0.717) is 24.6 Å². The number of fused-ring (bicyclic) bond motifs is 1. The molecule has 0 aliphatic heterocycles. The van der Waals surface area contributed by atoms with Gasteiger partial charge in [-0.2, -0.15) is 4.98 Å². The number of nitrogens with one attached hydrogen (secondary N) is 1. The molecule has 0 atom stereocenters. The first kappa shape index (κ1) is 18.2. The standard InChI is InChI=1S/C17H19ClN4O4/c1-2-26-17-20-14-13(15(24)21(8-3-9-23)16(25)19-14)22(17)10-11-4-6-12(18)7-5-11/h4-7,23H,2-3,8-10H2,1H3,(H,19,25). The summed E-state index contributed by atoms with van der Waals surface area (Å²) in [5.74, 6) is 0. The highest BCUT2D eigenvalue weighted by atomic mass is 35.5. The third-order valence-corrected chi connectivity index (χ3v) is 4.17. The summed E-state index contributed by atoms with van der Waals surface area (Å²) in [5.41, 5.74) is 0.306. The third-order valence-electron chi connectivity index (χ3n) is 3.92. The van der Waals surface area contributed by atoms with E-state index in [1.54, 1.807) is 16.7 Å². The van der Waals surface area contributed by atoms with E-state index in [-0.39, 0.29) is 30.3 Å². The fourth-order valence-corrected chi connectivity index (χ4v) is 2.84. The summed E-state index contributed by atoms with van der Waals surface area (Å²) >= 11 is 5.92. The van der Waals surface area contributed by atoms with Crippen LogP contribution < -0.4 is 16.0 Å². The summed E-state index contributed by atoms with van der Waals surface area (Å²) in [5, 5.41) is 9.61. The van der Waals surface area contributed by atoms with Crippen molar-refractivity contribution >= 4 is 22.8 Å². The number of benzene rings is 1. The lowest BCUT2D eigenvalue weighted by Gasteiger charge is -2.09. The molecule has 26 heavy (non-hydrogen) atoms. The van der Waals surface area contributed by atoms with E-state index in [0.717, 1.165) is 10.1 Å². The van der Waals surface area contributed by atoms with Crippen LogP contribution >= 0.6 is 11.6 Å². The summed E-state index contributed by atoms with van der Waals surface area (Å²) in [7, 11) is 0. The largest absolute Gasteiger partial charge is 0.465 e. The van der Waals surface area contributed by atoms with E-state index in [9.17, 15) is 9.59 Å². The van der Waals surface area contributed by atoms with Gasteiger partial charge in [0, 0.05) is 18.2 Å². The number of aliphatic hydroxyl groups is 1. The van der Waals surface area contributed by atoms with Crippen molar-refractivity contribution in [1.82, 2.24) is 19.1 Å². The van der Waals surface area contributed by atoms with Gasteiger partial charge in [-0.05, 0) is 31.0 Å². The van der Waals surface area contributed by atoms with E-state index in [2.05, 4.69) is 9.97 Å². The van der Waals surface area contributed by atoms with Gasteiger partial charge in [-0.25, -0.2) is 4.79 Å².